The summed E-state index contributed by atoms with van der Waals surface area (Å²) in [6.07, 6.45) is 5.18. The van der Waals surface area contributed by atoms with Gasteiger partial charge in [0.2, 0.25) is 5.91 Å². The average molecular weight is 421 g/mol. The lowest BCUT2D eigenvalue weighted by molar-refractivity contribution is -0.122. The molecule has 6 nitrogen and oxygen atoms in total. The SMILES string of the molecule is O=C(CCN1C(=O)/C(=C/c2ccccc2)SC1=S)Nc1ccc2nccnc2c1. The smallest absolute Gasteiger partial charge is 0.266 e. The molecular formula is C21H16N4O2S2. The highest BCUT2D eigenvalue weighted by Crippen LogP contribution is 2.32. The highest BCUT2D eigenvalue weighted by Gasteiger charge is 2.32. The van der Waals surface area contributed by atoms with Gasteiger partial charge < -0.3 is 5.32 Å². The van der Waals surface area contributed by atoms with Crippen molar-refractivity contribution in [2.45, 2.75) is 6.42 Å². The van der Waals surface area contributed by atoms with Crippen molar-refractivity contribution in [2.24, 2.45) is 0 Å². The highest BCUT2D eigenvalue weighted by molar-refractivity contribution is 8.26. The molecule has 1 aliphatic rings. The van der Waals surface area contributed by atoms with Crippen LogP contribution in [-0.2, 0) is 9.59 Å². The largest absolute Gasteiger partial charge is 0.326 e. The number of fused-ring (bicyclic) bond motifs is 1. The molecule has 0 unspecified atom stereocenters. The second-order valence-corrected chi connectivity index (χ2v) is 7.98. The van der Waals surface area contributed by atoms with Crippen molar-refractivity contribution in [2.75, 3.05) is 11.9 Å². The van der Waals surface area contributed by atoms with Crippen LogP contribution < -0.4 is 5.32 Å². The maximum absolute atomic E-state index is 12.6. The van der Waals surface area contributed by atoms with E-state index in [0.29, 0.717) is 20.4 Å². The first-order valence-electron chi connectivity index (χ1n) is 8.91. The molecule has 0 atom stereocenters. The van der Waals surface area contributed by atoms with Gasteiger partial charge in [-0.25, -0.2) is 0 Å². The third-order valence-electron chi connectivity index (χ3n) is 4.29. The molecule has 0 saturated carbocycles. The summed E-state index contributed by atoms with van der Waals surface area (Å²) in [5, 5.41) is 2.83. The molecule has 8 heteroatoms. The number of aromatic nitrogens is 2. The van der Waals surface area contributed by atoms with Crippen molar-refractivity contribution in [3.8, 4) is 0 Å². The quantitative estimate of drug-likeness (QED) is 0.499. The summed E-state index contributed by atoms with van der Waals surface area (Å²) in [5.74, 6) is -0.369. The van der Waals surface area contributed by atoms with E-state index < -0.39 is 0 Å². The van der Waals surface area contributed by atoms with Crippen LogP contribution in [0.1, 0.15) is 12.0 Å². The molecule has 144 valence electrons. The van der Waals surface area contributed by atoms with Gasteiger partial charge in [0.15, 0.2) is 0 Å². The number of hydrogen-bond donors (Lipinski definition) is 1. The molecule has 3 aromatic rings. The summed E-state index contributed by atoms with van der Waals surface area (Å²) in [6, 6.07) is 14.9. The number of rotatable bonds is 5. The molecule has 1 aromatic heterocycles. The lowest BCUT2D eigenvalue weighted by atomic mass is 10.2. The van der Waals surface area contributed by atoms with Crippen LogP contribution in [0.3, 0.4) is 0 Å². The lowest BCUT2D eigenvalue weighted by Crippen LogP contribution is -2.31. The van der Waals surface area contributed by atoms with Crippen LogP contribution in [0, 0.1) is 0 Å². The van der Waals surface area contributed by atoms with Gasteiger partial charge in [-0.1, -0.05) is 54.3 Å². The Bertz CT molecular complexity index is 1130. The zero-order valence-corrected chi connectivity index (χ0v) is 16.9. The van der Waals surface area contributed by atoms with Crippen molar-refractivity contribution < 1.29 is 9.59 Å². The number of thiocarbonyl (C=S) groups is 1. The summed E-state index contributed by atoms with van der Waals surface area (Å²) in [7, 11) is 0. The molecule has 0 aliphatic carbocycles. The van der Waals surface area contributed by atoms with Crippen LogP contribution in [0.2, 0.25) is 0 Å². The second kappa shape index (κ2) is 8.50. The van der Waals surface area contributed by atoms with E-state index in [1.54, 1.807) is 30.6 Å². The van der Waals surface area contributed by atoms with Crippen LogP contribution in [-0.4, -0.2) is 37.5 Å². The van der Waals surface area contributed by atoms with Gasteiger partial charge in [-0.15, -0.1) is 0 Å². The Labute approximate surface area is 177 Å². The van der Waals surface area contributed by atoms with E-state index in [-0.39, 0.29) is 24.8 Å². The Morgan fingerprint density at radius 2 is 1.86 bits per heavy atom. The Morgan fingerprint density at radius 3 is 2.66 bits per heavy atom. The summed E-state index contributed by atoms with van der Waals surface area (Å²) in [6.45, 7) is 0.232. The predicted molar refractivity (Wildman–Crippen MR) is 119 cm³/mol. The zero-order valence-electron chi connectivity index (χ0n) is 15.2. The van der Waals surface area contributed by atoms with Crippen LogP contribution in [0.15, 0.2) is 65.8 Å². The highest BCUT2D eigenvalue weighted by atomic mass is 32.2. The molecule has 1 N–H and O–H groups in total. The monoisotopic (exact) mass is 420 g/mol. The summed E-state index contributed by atoms with van der Waals surface area (Å²) in [5.41, 5.74) is 3.03. The molecule has 2 heterocycles. The van der Waals surface area contributed by atoms with Gasteiger partial charge in [-0.05, 0) is 29.8 Å². The average Bonchev–Trinajstić information content (AvgIpc) is 2.99. The van der Waals surface area contributed by atoms with Crippen molar-refractivity contribution >= 4 is 62.9 Å². The first-order valence-corrected chi connectivity index (χ1v) is 10.1. The lowest BCUT2D eigenvalue weighted by Gasteiger charge is -2.14. The summed E-state index contributed by atoms with van der Waals surface area (Å²) >= 11 is 6.58. The van der Waals surface area contributed by atoms with Crippen molar-refractivity contribution in [3.63, 3.8) is 0 Å². The van der Waals surface area contributed by atoms with Crippen LogP contribution in [0.25, 0.3) is 17.1 Å². The molecule has 0 radical (unpaired) electrons. The number of carbonyl (C=O) groups excluding carboxylic acids is 2. The predicted octanol–water partition coefficient (Wildman–Crippen LogP) is 3.86. The van der Waals surface area contributed by atoms with Gasteiger partial charge in [0.05, 0.1) is 15.9 Å². The van der Waals surface area contributed by atoms with Gasteiger partial charge >= 0.3 is 0 Å². The molecule has 29 heavy (non-hydrogen) atoms. The maximum atomic E-state index is 12.6. The van der Waals surface area contributed by atoms with Gasteiger partial charge in [0.25, 0.3) is 5.91 Å². The number of carbonyl (C=O) groups is 2. The second-order valence-electron chi connectivity index (χ2n) is 6.30. The van der Waals surface area contributed by atoms with Crippen molar-refractivity contribution in [3.05, 3.63) is 71.4 Å². The molecule has 0 bridgehead atoms. The Hall–Kier alpha value is -3.10. The standard InChI is InChI=1S/C21H16N4O2S2/c26-19(24-15-6-7-16-17(13-15)23-10-9-22-16)8-11-25-20(27)18(29-21(25)28)12-14-4-2-1-3-5-14/h1-7,9-10,12-13H,8,11H2,(H,24,26)/b18-12-. The van der Waals surface area contributed by atoms with Crippen LogP contribution >= 0.6 is 24.0 Å². The van der Waals surface area contributed by atoms with E-state index in [1.807, 2.05) is 36.4 Å². The molecule has 2 aromatic carbocycles. The van der Waals surface area contributed by atoms with E-state index in [1.165, 1.54) is 16.7 Å². The molecule has 0 spiro atoms. The van der Waals surface area contributed by atoms with E-state index >= 15 is 0 Å². The topological polar surface area (TPSA) is 75.2 Å². The number of anilines is 1. The minimum atomic E-state index is -0.200. The van der Waals surface area contributed by atoms with Gasteiger partial charge in [0.1, 0.15) is 4.32 Å². The molecule has 1 fully saturated rings. The Kier molecular flexibility index (Phi) is 5.64. The number of amides is 2. The fraction of sp³-hybridized carbons (Fsp3) is 0.0952. The van der Waals surface area contributed by atoms with E-state index in [9.17, 15) is 9.59 Å². The van der Waals surface area contributed by atoms with Crippen molar-refractivity contribution in [1.82, 2.24) is 14.9 Å². The van der Waals surface area contributed by atoms with Gasteiger partial charge in [-0.2, -0.15) is 0 Å². The van der Waals surface area contributed by atoms with Gasteiger partial charge in [0, 0.05) is 31.0 Å². The normalized spacial score (nSPS) is 15.3. The number of hydrogen-bond acceptors (Lipinski definition) is 6. The molecule has 4 rings (SSSR count). The van der Waals surface area contributed by atoms with E-state index in [4.69, 9.17) is 12.2 Å². The number of benzene rings is 2. The van der Waals surface area contributed by atoms with E-state index in [2.05, 4.69) is 15.3 Å². The number of nitrogens with zero attached hydrogens (tertiary/aromatic N) is 3. The third kappa shape index (κ3) is 4.49. The summed E-state index contributed by atoms with van der Waals surface area (Å²) < 4.78 is 0.464. The molecular weight excluding hydrogens is 404 g/mol. The van der Waals surface area contributed by atoms with Crippen LogP contribution in [0.4, 0.5) is 5.69 Å². The third-order valence-corrected chi connectivity index (χ3v) is 5.66. The zero-order chi connectivity index (χ0) is 20.2. The molecule has 2 amide bonds. The summed E-state index contributed by atoms with van der Waals surface area (Å²) in [4.78, 5) is 35.4. The fourth-order valence-corrected chi connectivity index (χ4v) is 4.18. The molecule has 1 saturated heterocycles. The first-order chi connectivity index (χ1) is 14.1. The van der Waals surface area contributed by atoms with Gasteiger partial charge in [-0.3, -0.25) is 24.5 Å². The minimum absolute atomic E-state index is 0.142. The number of thioether (sulfide) groups is 1. The molecule has 1 aliphatic heterocycles. The minimum Gasteiger partial charge on any atom is -0.326 e. The number of nitrogens with one attached hydrogen (secondary N) is 1. The Morgan fingerprint density at radius 1 is 1.10 bits per heavy atom. The van der Waals surface area contributed by atoms with Crippen LogP contribution in [0.5, 0.6) is 0 Å². The first kappa shape index (κ1) is 19.2. The van der Waals surface area contributed by atoms with Crippen molar-refractivity contribution in [1.29, 1.82) is 0 Å². The Balaban J connectivity index is 1.37. The fourth-order valence-electron chi connectivity index (χ4n) is 2.87. The maximum Gasteiger partial charge on any atom is 0.266 e. The van der Waals surface area contributed by atoms with E-state index in [0.717, 1.165) is 11.1 Å².